The summed E-state index contributed by atoms with van der Waals surface area (Å²) < 4.78 is 27.7. The normalized spacial score (nSPS) is 19.4. The highest BCUT2D eigenvalue weighted by Gasteiger charge is 2.32. The van der Waals surface area contributed by atoms with Gasteiger partial charge in [-0.25, -0.2) is 8.42 Å². The van der Waals surface area contributed by atoms with Crippen molar-refractivity contribution in [3.63, 3.8) is 0 Å². The Morgan fingerprint density at radius 2 is 1.76 bits per heavy atom. The molecule has 0 bridgehead atoms. The van der Waals surface area contributed by atoms with E-state index in [2.05, 4.69) is 47.5 Å². The van der Waals surface area contributed by atoms with Crippen LogP contribution >= 0.6 is 22.9 Å². The molecule has 0 N–H and O–H groups in total. The van der Waals surface area contributed by atoms with Crippen LogP contribution in [0.5, 0.6) is 0 Å². The molecule has 1 aromatic heterocycles. The molecular formula is C28H32ClN3O3S2. The first-order valence-corrected chi connectivity index (χ1v) is 15.4. The minimum absolute atomic E-state index is 0.0883. The average molecular weight is 558 g/mol. The topological polar surface area (TPSA) is 60.9 Å². The number of halogens is 1. The summed E-state index contributed by atoms with van der Waals surface area (Å²) in [6.45, 7) is 5.42. The molecule has 1 saturated heterocycles. The van der Waals surface area contributed by atoms with E-state index in [1.54, 1.807) is 12.1 Å². The van der Waals surface area contributed by atoms with Crippen LogP contribution in [-0.2, 0) is 21.2 Å². The second kappa shape index (κ2) is 11.3. The first-order valence-electron chi connectivity index (χ1n) is 12.7. The number of rotatable bonds is 6. The predicted molar refractivity (Wildman–Crippen MR) is 149 cm³/mol. The lowest BCUT2D eigenvalue weighted by Gasteiger charge is -2.37. The third kappa shape index (κ3) is 5.64. The van der Waals surface area contributed by atoms with Crippen LogP contribution < -0.4 is 0 Å². The molecule has 1 amide bonds. The first-order chi connectivity index (χ1) is 17.8. The van der Waals surface area contributed by atoms with Crippen LogP contribution in [0, 0.1) is 6.92 Å². The summed E-state index contributed by atoms with van der Waals surface area (Å²) in [5, 5.41) is 2.67. The molecule has 0 aliphatic carbocycles. The smallest absolute Gasteiger partial charge is 0.243 e. The van der Waals surface area contributed by atoms with Gasteiger partial charge in [-0.05, 0) is 72.2 Å². The van der Waals surface area contributed by atoms with Crippen molar-refractivity contribution in [2.75, 3.05) is 39.3 Å². The van der Waals surface area contributed by atoms with Gasteiger partial charge in [0.2, 0.25) is 15.9 Å². The van der Waals surface area contributed by atoms with Crippen LogP contribution in [-0.4, -0.2) is 67.7 Å². The van der Waals surface area contributed by atoms with Gasteiger partial charge in [0, 0.05) is 55.6 Å². The van der Waals surface area contributed by atoms with Gasteiger partial charge in [-0.1, -0.05) is 35.9 Å². The Morgan fingerprint density at radius 3 is 2.54 bits per heavy atom. The zero-order valence-electron chi connectivity index (χ0n) is 21.0. The molecule has 0 unspecified atom stereocenters. The van der Waals surface area contributed by atoms with Gasteiger partial charge in [0.15, 0.2) is 0 Å². The minimum atomic E-state index is -3.62. The lowest BCUT2D eigenvalue weighted by Crippen LogP contribution is -2.41. The molecule has 9 heteroatoms. The number of fused-ring (bicyclic) bond motifs is 1. The Kier molecular flexibility index (Phi) is 8.02. The van der Waals surface area contributed by atoms with Gasteiger partial charge in [0.1, 0.15) is 0 Å². The van der Waals surface area contributed by atoms with Gasteiger partial charge in [-0.3, -0.25) is 9.69 Å². The van der Waals surface area contributed by atoms with E-state index in [9.17, 15) is 13.2 Å². The van der Waals surface area contributed by atoms with Crippen LogP contribution in [0.2, 0.25) is 5.02 Å². The highest BCUT2D eigenvalue weighted by Crippen LogP contribution is 2.38. The number of carbonyl (C=O) groups excluding carboxylic acids is 1. The third-order valence-electron chi connectivity index (χ3n) is 7.42. The number of amides is 1. The number of thiophene rings is 1. The largest absolute Gasteiger partial charge is 0.341 e. The lowest BCUT2D eigenvalue weighted by molar-refractivity contribution is -0.131. The SMILES string of the molecule is Cc1ccccc1[C@H]1c2ccsc2CCN1CCC(=O)N1CCCN(S(=O)(=O)c2ccc(Cl)cc2)CC1. The highest BCUT2D eigenvalue weighted by molar-refractivity contribution is 7.89. The van der Waals surface area contributed by atoms with Gasteiger partial charge in [-0.2, -0.15) is 4.31 Å². The van der Waals surface area contributed by atoms with E-state index in [-0.39, 0.29) is 16.8 Å². The Morgan fingerprint density at radius 1 is 0.973 bits per heavy atom. The minimum Gasteiger partial charge on any atom is -0.341 e. The van der Waals surface area contributed by atoms with E-state index < -0.39 is 10.0 Å². The molecule has 1 fully saturated rings. The Balaban J connectivity index is 1.24. The van der Waals surface area contributed by atoms with E-state index in [0.29, 0.717) is 50.6 Å². The van der Waals surface area contributed by atoms with Gasteiger partial charge in [-0.15, -0.1) is 11.3 Å². The molecule has 3 aromatic rings. The summed E-state index contributed by atoms with van der Waals surface area (Å²) in [7, 11) is -3.62. The summed E-state index contributed by atoms with van der Waals surface area (Å²) in [6, 6.07) is 17.2. The van der Waals surface area contributed by atoms with Crippen LogP contribution in [0.1, 0.15) is 40.5 Å². The summed E-state index contributed by atoms with van der Waals surface area (Å²) >= 11 is 7.75. The Bertz CT molecular complexity index is 1360. The van der Waals surface area contributed by atoms with E-state index in [1.165, 1.54) is 38.0 Å². The highest BCUT2D eigenvalue weighted by atomic mass is 35.5. The third-order valence-corrected chi connectivity index (χ3v) is 10.6. The summed E-state index contributed by atoms with van der Waals surface area (Å²) in [5.74, 6) is 0.0883. The number of carbonyl (C=O) groups is 1. The predicted octanol–water partition coefficient (Wildman–Crippen LogP) is 4.97. The molecule has 0 radical (unpaired) electrons. The lowest BCUT2D eigenvalue weighted by atomic mass is 9.90. The fourth-order valence-electron chi connectivity index (χ4n) is 5.40. The van der Waals surface area contributed by atoms with Crippen molar-refractivity contribution in [1.82, 2.24) is 14.1 Å². The van der Waals surface area contributed by atoms with E-state index >= 15 is 0 Å². The van der Waals surface area contributed by atoms with Crippen molar-refractivity contribution in [1.29, 1.82) is 0 Å². The molecular weight excluding hydrogens is 526 g/mol. The molecule has 37 heavy (non-hydrogen) atoms. The Labute approximate surface area is 228 Å². The second-order valence-electron chi connectivity index (χ2n) is 9.69. The first kappa shape index (κ1) is 26.4. The second-order valence-corrected chi connectivity index (χ2v) is 13.1. The van der Waals surface area contributed by atoms with Crippen LogP contribution in [0.4, 0.5) is 0 Å². The molecule has 0 saturated carbocycles. The van der Waals surface area contributed by atoms with Gasteiger partial charge in [0.05, 0.1) is 10.9 Å². The molecule has 6 nitrogen and oxygen atoms in total. The summed E-state index contributed by atoms with van der Waals surface area (Å²) in [4.78, 5) is 19.2. The van der Waals surface area contributed by atoms with Crippen molar-refractivity contribution >= 4 is 38.9 Å². The molecule has 2 aliphatic heterocycles. The number of nitrogens with zero attached hydrogens (tertiary/aromatic N) is 3. The summed E-state index contributed by atoms with van der Waals surface area (Å²) in [6.07, 6.45) is 2.04. The fourth-order valence-corrected chi connectivity index (χ4v) is 7.90. The van der Waals surface area contributed by atoms with Crippen LogP contribution in [0.25, 0.3) is 0 Å². The summed E-state index contributed by atoms with van der Waals surface area (Å²) in [5.41, 5.74) is 3.92. The molecule has 3 heterocycles. The zero-order valence-corrected chi connectivity index (χ0v) is 23.4. The van der Waals surface area contributed by atoms with E-state index in [0.717, 1.165) is 13.0 Å². The Hall–Kier alpha value is -2.23. The van der Waals surface area contributed by atoms with Crippen molar-refractivity contribution in [2.45, 2.75) is 37.1 Å². The number of aryl methyl sites for hydroxylation is 1. The maximum absolute atomic E-state index is 13.3. The van der Waals surface area contributed by atoms with E-state index in [4.69, 9.17) is 11.6 Å². The van der Waals surface area contributed by atoms with Crippen molar-refractivity contribution in [2.24, 2.45) is 0 Å². The average Bonchev–Trinajstić information content (AvgIpc) is 3.22. The standard InChI is InChI=1S/C28H32ClN3O3S2/c1-21-5-2-3-6-24(21)28-25-13-20-36-26(25)11-16-31(28)17-12-27(33)30-14-4-15-32(19-18-30)37(34,35)23-9-7-22(29)8-10-23/h2-3,5-10,13,20,28H,4,11-12,14-19H2,1H3/t28-/m0/s1. The van der Waals surface area contributed by atoms with Crippen LogP contribution in [0.15, 0.2) is 64.9 Å². The number of sulfonamides is 1. The van der Waals surface area contributed by atoms with Crippen molar-refractivity contribution in [3.05, 3.63) is 86.6 Å². The maximum atomic E-state index is 13.3. The fraction of sp³-hybridized carbons (Fsp3) is 0.393. The monoisotopic (exact) mass is 557 g/mol. The molecule has 0 spiro atoms. The van der Waals surface area contributed by atoms with Crippen LogP contribution in [0.3, 0.4) is 0 Å². The molecule has 2 aromatic carbocycles. The number of hydrogen-bond acceptors (Lipinski definition) is 5. The zero-order chi connectivity index (χ0) is 26.0. The van der Waals surface area contributed by atoms with E-state index in [1.807, 2.05) is 16.2 Å². The number of hydrogen-bond donors (Lipinski definition) is 0. The van der Waals surface area contributed by atoms with Crippen molar-refractivity contribution in [3.8, 4) is 0 Å². The van der Waals surface area contributed by atoms with Gasteiger partial charge in [0.25, 0.3) is 0 Å². The molecule has 2 aliphatic rings. The molecule has 5 rings (SSSR count). The number of benzene rings is 2. The maximum Gasteiger partial charge on any atom is 0.243 e. The van der Waals surface area contributed by atoms with Gasteiger partial charge >= 0.3 is 0 Å². The molecule has 1 atom stereocenters. The molecule has 196 valence electrons. The van der Waals surface area contributed by atoms with Gasteiger partial charge < -0.3 is 4.90 Å². The quantitative estimate of drug-likeness (QED) is 0.429. The van der Waals surface area contributed by atoms with Crippen molar-refractivity contribution < 1.29 is 13.2 Å².